The minimum absolute atomic E-state index is 0.0536. The molecule has 1 saturated heterocycles. The fourth-order valence-corrected chi connectivity index (χ4v) is 3.94. The van der Waals surface area contributed by atoms with Crippen LogP contribution in [-0.2, 0) is 11.2 Å². The number of amides is 1. The summed E-state index contributed by atoms with van der Waals surface area (Å²) >= 11 is 1.14. The Labute approximate surface area is 172 Å². The van der Waals surface area contributed by atoms with Gasteiger partial charge in [0.1, 0.15) is 16.7 Å². The molecule has 0 aliphatic carbocycles. The van der Waals surface area contributed by atoms with Crippen molar-refractivity contribution in [1.82, 2.24) is 24.5 Å². The van der Waals surface area contributed by atoms with E-state index in [2.05, 4.69) is 14.6 Å². The lowest BCUT2D eigenvalue weighted by Gasteiger charge is -2.32. The molecule has 1 amide bonds. The summed E-state index contributed by atoms with van der Waals surface area (Å²) in [4.78, 5) is 24.4. The van der Waals surface area contributed by atoms with E-state index in [4.69, 9.17) is 14.5 Å². The third-order valence-electron chi connectivity index (χ3n) is 4.79. The molecular formula is C20H21N5O3S. The Bertz CT molecular complexity index is 1010. The first-order valence-electron chi connectivity index (χ1n) is 9.38. The Morgan fingerprint density at radius 3 is 3.10 bits per heavy atom. The molecule has 0 N–H and O–H groups in total. The van der Waals surface area contributed by atoms with Gasteiger partial charge in [-0.25, -0.2) is 4.98 Å². The van der Waals surface area contributed by atoms with Gasteiger partial charge in [-0.2, -0.15) is 0 Å². The topological polar surface area (TPSA) is 90.3 Å². The molecule has 4 rings (SSSR count). The maximum atomic E-state index is 12.9. The third kappa shape index (κ3) is 4.10. The number of aryl methyl sites for hydroxylation is 1. The zero-order valence-electron chi connectivity index (χ0n) is 16.2. The largest absolute Gasteiger partial charge is 0.497 e. The lowest BCUT2D eigenvalue weighted by atomic mass is 10.1. The van der Waals surface area contributed by atoms with Gasteiger partial charge in [0.05, 0.1) is 49.7 Å². The molecule has 1 aliphatic rings. The molecule has 0 bridgehead atoms. The Kier molecular flexibility index (Phi) is 5.77. The van der Waals surface area contributed by atoms with Gasteiger partial charge >= 0.3 is 0 Å². The van der Waals surface area contributed by atoms with E-state index < -0.39 is 0 Å². The van der Waals surface area contributed by atoms with Crippen molar-refractivity contribution < 1.29 is 14.3 Å². The molecule has 0 unspecified atom stereocenters. The van der Waals surface area contributed by atoms with Crippen molar-refractivity contribution in [3.8, 4) is 17.0 Å². The van der Waals surface area contributed by atoms with Crippen molar-refractivity contribution in [3.63, 3.8) is 0 Å². The fourth-order valence-electron chi connectivity index (χ4n) is 3.22. The van der Waals surface area contributed by atoms with Gasteiger partial charge in [0, 0.05) is 12.1 Å². The number of carbonyl (C=O) groups excluding carboxylic acids is 1. The molecule has 0 spiro atoms. The van der Waals surface area contributed by atoms with E-state index in [-0.39, 0.29) is 12.0 Å². The number of methoxy groups -OCH3 is 1. The molecule has 1 aromatic carbocycles. The van der Waals surface area contributed by atoms with E-state index in [9.17, 15) is 4.79 Å². The number of carbonyl (C=O) groups is 1. The van der Waals surface area contributed by atoms with Crippen molar-refractivity contribution in [1.29, 1.82) is 0 Å². The first-order chi connectivity index (χ1) is 14.2. The summed E-state index contributed by atoms with van der Waals surface area (Å²) in [7, 11) is 1.63. The van der Waals surface area contributed by atoms with Crippen molar-refractivity contribution in [2.45, 2.75) is 19.4 Å². The quantitative estimate of drug-likeness (QED) is 0.638. The van der Waals surface area contributed by atoms with Gasteiger partial charge in [0.25, 0.3) is 5.91 Å². The molecule has 29 heavy (non-hydrogen) atoms. The summed E-state index contributed by atoms with van der Waals surface area (Å²) < 4.78 is 15.1. The number of hydrogen-bond acceptors (Lipinski definition) is 8. The van der Waals surface area contributed by atoms with Gasteiger partial charge < -0.3 is 14.4 Å². The van der Waals surface area contributed by atoms with E-state index in [1.807, 2.05) is 31.2 Å². The summed E-state index contributed by atoms with van der Waals surface area (Å²) in [5.41, 5.74) is 3.07. The van der Waals surface area contributed by atoms with Crippen LogP contribution in [0.4, 0.5) is 0 Å². The predicted molar refractivity (Wildman–Crippen MR) is 108 cm³/mol. The Morgan fingerprint density at radius 2 is 2.28 bits per heavy atom. The molecule has 1 fully saturated rings. The maximum Gasteiger partial charge on any atom is 0.267 e. The van der Waals surface area contributed by atoms with E-state index in [0.29, 0.717) is 36.7 Å². The van der Waals surface area contributed by atoms with E-state index in [0.717, 1.165) is 34.2 Å². The average Bonchev–Trinajstić information content (AvgIpc) is 3.28. The van der Waals surface area contributed by atoms with Crippen LogP contribution in [0.15, 0.2) is 36.7 Å². The standard InChI is InChI=1S/C20H21N5O3S/c1-3-15-19(29-24-23-15)20(26)25-7-8-28-18(12-25)17-11-21-10-16(22-17)13-5-4-6-14(9-13)27-2/h4-6,9-11,18H,3,7-8,12H2,1-2H3/t18-/m1/s1. The van der Waals surface area contributed by atoms with Crippen LogP contribution in [0.3, 0.4) is 0 Å². The SMILES string of the molecule is CCc1nnsc1C(=O)N1CCO[C@@H](c2cncc(-c3cccc(OC)c3)n2)C1. The number of rotatable bonds is 5. The van der Waals surface area contributed by atoms with Crippen LogP contribution in [-0.4, -0.2) is 57.2 Å². The van der Waals surface area contributed by atoms with E-state index >= 15 is 0 Å². The minimum Gasteiger partial charge on any atom is -0.497 e. The second-order valence-corrected chi connectivity index (χ2v) is 7.33. The van der Waals surface area contributed by atoms with Gasteiger partial charge in [-0.05, 0) is 30.1 Å². The summed E-state index contributed by atoms with van der Waals surface area (Å²) in [6.07, 6.45) is 3.74. The van der Waals surface area contributed by atoms with Crippen LogP contribution in [0.1, 0.15) is 34.1 Å². The van der Waals surface area contributed by atoms with Gasteiger partial charge in [-0.15, -0.1) is 5.10 Å². The highest BCUT2D eigenvalue weighted by atomic mass is 32.1. The molecule has 8 nitrogen and oxygen atoms in total. The van der Waals surface area contributed by atoms with Crippen LogP contribution < -0.4 is 4.74 Å². The molecule has 3 aromatic rings. The normalized spacial score (nSPS) is 16.6. The van der Waals surface area contributed by atoms with Crippen LogP contribution in [0.5, 0.6) is 5.75 Å². The lowest BCUT2D eigenvalue weighted by molar-refractivity contribution is -0.0247. The Hall–Kier alpha value is -2.91. The number of benzene rings is 1. The smallest absolute Gasteiger partial charge is 0.267 e. The van der Waals surface area contributed by atoms with Crippen LogP contribution in [0.2, 0.25) is 0 Å². The summed E-state index contributed by atoms with van der Waals surface area (Å²) in [6.45, 7) is 3.35. The van der Waals surface area contributed by atoms with Crippen LogP contribution >= 0.6 is 11.5 Å². The summed E-state index contributed by atoms with van der Waals surface area (Å²) in [6, 6.07) is 7.66. The number of hydrogen-bond donors (Lipinski definition) is 0. The Morgan fingerprint density at radius 1 is 1.38 bits per heavy atom. The zero-order chi connectivity index (χ0) is 20.2. The lowest BCUT2D eigenvalue weighted by Crippen LogP contribution is -2.42. The maximum absolute atomic E-state index is 12.9. The third-order valence-corrected chi connectivity index (χ3v) is 5.54. The predicted octanol–water partition coefficient (Wildman–Crippen LogP) is 2.78. The average molecular weight is 411 g/mol. The molecule has 1 aliphatic heterocycles. The van der Waals surface area contributed by atoms with Crippen molar-refractivity contribution in [2.75, 3.05) is 26.8 Å². The molecule has 0 radical (unpaired) electrons. The second kappa shape index (κ2) is 8.62. The molecule has 9 heteroatoms. The molecule has 150 valence electrons. The second-order valence-electron chi connectivity index (χ2n) is 6.57. The molecule has 0 saturated carbocycles. The number of nitrogens with zero attached hydrogens (tertiary/aromatic N) is 5. The first kappa shape index (κ1) is 19.4. The molecule has 1 atom stereocenters. The minimum atomic E-state index is -0.336. The van der Waals surface area contributed by atoms with Gasteiger partial charge in [-0.3, -0.25) is 9.78 Å². The molecule has 3 heterocycles. The number of morpholine rings is 1. The molecule has 2 aromatic heterocycles. The first-order valence-corrected chi connectivity index (χ1v) is 10.2. The van der Waals surface area contributed by atoms with Crippen molar-refractivity contribution in [2.24, 2.45) is 0 Å². The van der Waals surface area contributed by atoms with Crippen LogP contribution in [0, 0.1) is 0 Å². The van der Waals surface area contributed by atoms with Crippen LogP contribution in [0.25, 0.3) is 11.3 Å². The monoisotopic (exact) mass is 411 g/mol. The zero-order valence-corrected chi connectivity index (χ0v) is 17.1. The van der Waals surface area contributed by atoms with E-state index in [1.54, 1.807) is 24.4 Å². The van der Waals surface area contributed by atoms with E-state index in [1.165, 1.54) is 0 Å². The van der Waals surface area contributed by atoms with Gasteiger partial charge in [-0.1, -0.05) is 23.5 Å². The number of aromatic nitrogens is 4. The van der Waals surface area contributed by atoms with Crippen molar-refractivity contribution >= 4 is 17.4 Å². The highest BCUT2D eigenvalue weighted by Crippen LogP contribution is 2.26. The Balaban J connectivity index is 1.55. The highest BCUT2D eigenvalue weighted by Gasteiger charge is 2.29. The van der Waals surface area contributed by atoms with Crippen molar-refractivity contribution in [3.05, 3.63) is 52.9 Å². The van der Waals surface area contributed by atoms with Gasteiger partial charge in [0.15, 0.2) is 0 Å². The number of ether oxygens (including phenoxy) is 2. The van der Waals surface area contributed by atoms with Gasteiger partial charge in [0.2, 0.25) is 0 Å². The summed E-state index contributed by atoms with van der Waals surface area (Å²) in [5.74, 6) is 0.701. The molecular weight excluding hydrogens is 390 g/mol. The fraction of sp³-hybridized carbons (Fsp3) is 0.350. The highest BCUT2D eigenvalue weighted by molar-refractivity contribution is 7.08. The summed E-state index contributed by atoms with van der Waals surface area (Å²) in [5, 5.41) is 4.04.